The first-order valence-corrected chi connectivity index (χ1v) is 10.3. The zero-order valence-corrected chi connectivity index (χ0v) is 17.1. The second-order valence-corrected chi connectivity index (χ2v) is 7.86. The number of rotatable bonds is 3. The fourth-order valence-corrected chi connectivity index (χ4v) is 4.44. The summed E-state index contributed by atoms with van der Waals surface area (Å²) < 4.78 is 15.9. The standard InChI is InChI=1S/C23H18ClFN4O2/c24-19-9-10-20(30)29(27-19)13-21(31)28-12-11-15-14-5-2-4-8-18(14)26-22(15)23(28)16-6-1-3-7-17(16)25/h1-10,23,26H,11-13H2/t23-/m0/s1. The van der Waals surface area contributed by atoms with Gasteiger partial charge in [0.25, 0.3) is 5.56 Å². The minimum absolute atomic E-state index is 0.120. The minimum Gasteiger partial charge on any atom is -0.356 e. The van der Waals surface area contributed by atoms with Crippen LogP contribution in [0.4, 0.5) is 4.39 Å². The van der Waals surface area contributed by atoms with Gasteiger partial charge in [0, 0.05) is 34.8 Å². The topological polar surface area (TPSA) is 71.0 Å². The SMILES string of the molecule is O=C(Cn1nc(Cl)ccc1=O)N1CCc2c([nH]c3ccccc23)[C@@H]1c1ccccc1F. The molecule has 31 heavy (non-hydrogen) atoms. The molecule has 8 heteroatoms. The maximum absolute atomic E-state index is 14.9. The van der Waals surface area contributed by atoms with Crippen molar-refractivity contribution in [2.24, 2.45) is 0 Å². The molecule has 2 aromatic carbocycles. The summed E-state index contributed by atoms with van der Waals surface area (Å²) in [6.07, 6.45) is 0.619. The van der Waals surface area contributed by atoms with Gasteiger partial charge in [0.2, 0.25) is 5.91 Å². The van der Waals surface area contributed by atoms with E-state index in [1.165, 1.54) is 18.2 Å². The predicted molar refractivity (Wildman–Crippen MR) is 115 cm³/mol. The number of hydrogen-bond acceptors (Lipinski definition) is 3. The van der Waals surface area contributed by atoms with Crippen molar-refractivity contribution in [1.82, 2.24) is 19.7 Å². The first-order valence-electron chi connectivity index (χ1n) is 9.90. The Morgan fingerprint density at radius 1 is 1.13 bits per heavy atom. The number of nitrogens with zero attached hydrogens (tertiary/aromatic N) is 3. The smallest absolute Gasteiger partial charge is 0.267 e. The van der Waals surface area contributed by atoms with Crippen molar-refractivity contribution in [3.05, 3.63) is 98.8 Å². The highest BCUT2D eigenvalue weighted by Crippen LogP contribution is 2.39. The lowest BCUT2D eigenvalue weighted by molar-refractivity contribution is -0.134. The summed E-state index contributed by atoms with van der Waals surface area (Å²) in [5.74, 6) is -0.732. The quantitative estimate of drug-likeness (QED) is 0.532. The molecule has 5 rings (SSSR count). The molecule has 0 bridgehead atoms. The highest BCUT2D eigenvalue weighted by atomic mass is 35.5. The number of carbonyl (C=O) groups excluding carboxylic acids is 1. The summed E-state index contributed by atoms with van der Waals surface area (Å²) in [7, 11) is 0. The lowest BCUT2D eigenvalue weighted by Gasteiger charge is -2.36. The van der Waals surface area contributed by atoms with Gasteiger partial charge in [0.1, 0.15) is 23.6 Å². The van der Waals surface area contributed by atoms with Gasteiger partial charge in [-0.1, -0.05) is 48.0 Å². The fraction of sp³-hybridized carbons (Fsp3) is 0.174. The maximum atomic E-state index is 14.9. The summed E-state index contributed by atoms with van der Waals surface area (Å²) in [6, 6.07) is 16.3. The Morgan fingerprint density at radius 2 is 1.90 bits per heavy atom. The summed E-state index contributed by atoms with van der Waals surface area (Å²) in [6.45, 7) is 0.113. The van der Waals surface area contributed by atoms with Crippen LogP contribution in [-0.2, 0) is 17.8 Å². The average molecular weight is 437 g/mol. The molecule has 0 fully saturated rings. The van der Waals surface area contributed by atoms with Gasteiger partial charge < -0.3 is 9.88 Å². The van der Waals surface area contributed by atoms with Crippen LogP contribution in [0.3, 0.4) is 0 Å². The number of H-pyrrole nitrogens is 1. The Hall–Kier alpha value is -3.45. The van der Waals surface area contributed by atoms with E-state index in [0.29, 0.717) is 18.5 Å². The number of amides is 1. The largest absolute Gasteiger partial charge is 0.356 e. The van der Waals surface area contributed by atoms with E-state index in [0.717, 1.165) is 26.8 Å². The van der Waals surface area contributed by atoms with E-state index >= 15 is 0 Å². The van der Waals surface area contributed by atoms with Crippen LogP contribution in [0.2, 0.25) is 5.15 Å². The summed E-state index contributed by atoms with van der Waals surface area (Å²) in [4.78, 5) is 30.4. The van der Waals surface area contributed by atoms with E-state index in [1.54, 1.807) is 23.1 Å². The number of fused-ring (bicyclic) bond motifs is 3. The molecule has 1 amide bonds. The Morgan fingerprint density at radius 3 is 2.74 bits per heavy atom. The van der Waals surface area contributed by atoms with E-state index in [2.05, 4.69) is 10.1 Å². The summed E-state index contributed by atoms with van der Waals surface area (Å²) in [5.41, 5.74) is 2.78. The molecule has 156 valence electrons. The number of para-hydroxylation sites is 1. The van der Waals surface area contributed by atoms with Gasteiger partial charge in [-0.05, 0) is 30.2 Å². The molecule has 1 atom stereocenters. The van der Waals surface area contributed by atoms with Crippen LogP contribution < -0.4 is 5.56 Å². The summed E-state index contributed by atoms with van der Waals surface area (Å²) >= 11 is 5.89. The van der Waals surface area contributed by atoms with E-state index in [1.807, 2.05) is 24.3 Å². The maximum Gasteiger partial charge on any atom is 0.267 e. The number of nitrogens with one attached hydrogen (secondary N) is 1. The van der Waals surface area contributed by atoms with Crippen LogP contribution in [-0.4, -0.2) is 32.1 Å². The Labute approximate surface area is 181 Å². The van der Waals surface area contributed by atoms with Gasteiger partial charge in [-0.15, -0.1) is 0 Å². The van der Waals surface area contributed by atoms with Crippen LogP contribution in [0, 0.1) is 5.82 Å². The molecule has 0 saturated carbocycles. The third-order valence-electron chi connectivity index (χ3n) is 5.67. The normalized spacial score (nSPS) is 15.8. The molecule has 0 aliphatic carbocycles. The van der Waals surface area contributed by atoms with Gasteiger partial charge >= 0.3 is 0 Å². The van der Waals surface area contributed by atoms with Gasteiger partial charge in [-0.3, -0.25) is 9.59 Å². The van der Waals surface area contributed by atoms with Crippen molar-refractivity contribution in [2.45, 2.75) is 19.0 Å². The molecule has 3 heterocycles. The van der Waals surface area contributed by atoms with E-state index in [9.17, 15) is 14.0 Å². The van der Waals surface area contributed by atoms with Crippen LogP contribution in [0.1, 0.15) is 22.9 Å². The highest BCUT2D eigenvalue weighted by Gasteiger charge is 2.36. The highest BCUT2D eigenvalue weighted by molar-refractivity contribution is 6.29. The molecule has 1 aliphatic heterocycles. The lowest BCUT2D eigenvalue weighted by atomic mass is 9.92. The van der Waals surface area contributed by atoms with Gasteiger partial charge in [0.15, 0.2) is 0 Å². The van der Waals surface area contributed by atoms with Crippen molar-refractivity contribution in [2.75, 3.05) is 6.54 Å². The Bertz CT molecular complexity index is 1360. The van der Waals surface area contributed by atoms with Crippen molar-refractivity contribution in [3.8, 4) is 0 Å². The molecule has 1 N–H and O–H groups in total. The second-order valence-electron chi connectivity index (χ2n) is 7.48. The molecule has 0 spiro atoms. The lowest BCUT2D eigenvalue weighted by Crippen LogP contribution is -2.44. The Kier molecular flexibility index (Phi) is 4.82. The van der Waals surface area contributed by atoms with Crippen molar-refractivity contribution < 1.29 is 9.18 Å². The third-order valence-corrected chi connectivity index (χ3v) is 5.88. The van der Waals surface area contributed by atoms with Crippen LogP contribution >= 0.6 is 11.6 Å². The van der Waals surface area contributed by atoms with Crippen LogP contribution in [0.15, 0.2) is 65.5 Å². The van der Waals surface area contributed by atoms with Crippen molar-refractivity contribution in [1.29, 1.82) is 0 Å². The zero-order valence-electron chi connectivity index (χ0n) is 16.4. The Balaban J connectivity index is 1.61. The first kappa shape index (κ1) is 19.5. The molecule has 0 radical (unpaired) electrons. The number of aromatic amines is 1. The molecular formula is C23H18ClFN4O2. The van der Waals surface area contributed by atoms with Gasteiger partial charge in [-0.2, -0.15) is 5.10 Å². The average Bonchev–Trinajstić information content (AvgIpc) is 3.15. The zero-order chi connectivity index (χ0) is 21.5. The van der Waals surface area contributed by atoms with E-state index in [4.69, 9.17) is 11.6 Å². The molecule has 1 aliphatic rings. The molecular weight excluding hydrogens is 419 g/mol. The monoisotopic (exact) mass is 436 g/mol. The number of benzene rings is 2. The van der Waals surface area contributed by atoms with Crippen molar-refractivity contribution >= 4 is 28.4 Å². The molecule has 0 saturated heterocycles. The van der Waals surface area contributed by atoms with E-state index < -0.39 is 17.4 Å². The number of aromatic nitrogens is 3. The minimum atomic E-state index is -0.639. The van der Waals surface area contributed by atoms with Gasteiger partial charge in [0.05, 0.1) is 0 Å². The van der Waals surface area contributed by atoms with Crippen LogP contribution in [0.5, 0.6) is 0 Å². The first-order chi connectivity index (χ1) is 15.0. The molecule has 6 nitrogen and oxygen atoms in total. The fourth-order valence-electron chi connectivity index (χ4n) is 4.29. The third kappa shape index (κ3) is 3.41. The summed E-state index contributed by atoms with van der Waals surface area (Å²) in [5, 5.41) is 5.13. The van der Waals surface area contributed by atoms with Gasteiger partial charge in [-0.25, -0.2) is 9.07 Å². The number of carbonyl (C=O) groups is 1. The number of halogens is 2. The molecule has 4 aromatic rings. The predicted octanol–water partition coefficient (Wildman–Crippen LogP) is 3.69. The van der Waals surface area contributed by atoms with Crippen LogP contribution in [0.25, 0.3) is 10.9 Å². The molecule has 2 aromatic heterocycles. The second kappa shape index (κ2) is 7.67. The number of hydrogen-bond donors (Lipinski definition) is 1. The van der Waals surface area contributed by atoms with E-state index in [-0.39, 0.29) is 17.6 Å². The van der Waals surface area contributed by atoms with Crippen molar-refractivity contribution in [3.63, 3.8) is 0 Å². The molecule has 0 unspecified atom stereocenters.